The highest BCUT2D eigenvalue weighted by atomic mass is 35.5. The van der Waals surface area contributed by atoms with E-state index in [4.69, 9.17) is 23.2 Å². The third kappa shape index (κ3) is 3.05. The van der Waals surface area contributed by atoms with E-state index >= 15 is 0 Å². The number of halogens is 2. The van der Waals surface area contributed by atoms with Crippen LogP contribution >= 0.6 is 34.5 Å². The van der Waals surface area contributed by atoms with E-state index in [1.54, 1.807) is 35.8 Å². The van der Waals surface area contributed by atoms with E-state index in [1.165, 1.54) is 23.3 Å². The van der Waals surface area contributed by atoms with Gasteiger partial charge in [0.05, 0.1) is 15.6 Å². The zero-order chi connectivity index (χ0) is 15.5. The second kappa shape index (κ2) is 6.83. The van der Waals surface area contributed by atoms with Crippen molar-refractivity contribution >= 4 is 45.8 Å². The topological polar surface area (TPSA) is 36.1 Å². The normalized spacial score (nSPS) is 14.6. The molecule has 22 heavy (non-hydrogen) atoms. The third-order valence-electron chi connectivity index (χ3n) is 3.83. The molecule has 0 saturated heterocycles. The van der Waals surface area contributed by atoms with Gasteiger partial charge in [0.1, 0.15) is 11.1 Å². The van der Waals surface area contributed by atoms with E-state index in [1.807, 2.05) is 0 Å². The maximum atomic E-state index is 9.49. The van der Waals surface area contributed by atoms with Crippen LogP contribution in [0.2, 0.25) is 10.0 Å². The minimum Gasteiger partial charge on any atom is -0.244 e. The van der Waals surface area contributed by atoms with Crippen LogP contribution in [0.5, 0.6) is 0 Å². The van der Waals surface area contributed by atoms with E-state index in [9.17, 15) is 5.26 Å². The molecule has 3 rings (SSSR count). The second-order valence-electron chi connectivity index (χ2n) is 5.25. The van der Waals surface area contributed by atoms with Gasteiger partial charge in [0, 0.05) is 16.7 Å². The van der Waals surface area contributed by atoms with Crippen LogP contribution in [0.15, 0.2) is 23.2 Å². The zero-order valence-electron chi connectivity index (χ0n) is 11.9. The first-order valence-electron chi connectivity index (χ1n) is 7.23. The van der Waals surface area contributed by atoms with Crippen LogP contribution in [0.3, 0.4) is 0 Å². The summed E-state index contributed by atoms with van der Waals surface area (Å²) in [5.41, 5.74) is 2.61. The largest absolute Gasteiger partial charge is 0.244 e. The Hall–Kier alpha value is -1.34. The highest BCUT2D eigenvalue weighted by Gasteiger charge is 2.19. The first-order chi connectivity index (χ1) is 10.7. The maximum absolute atomic E-state index is 9.49. The fourth-order valence-corrected chi connectivity index (χ4v) is 4.37. The van der Waals surface area contributed by atoms with Crippen molar-refractivity contribution in [1.29, 1.82) is 5.26 Å². The second-order valence-corrected chi connectivity index (χ2v) is 7.15. The average Bonchev–Trinajstić information content (AvgIpc) is 2.67. The summed E-state index contributed by atoms with van der Waals surface area (Å²) in [6.07, 6.45) is 7.28. The van der Waals surface area contributed by atoms with Crippen LogP contribution in [0.4, 0.5) is 5.00 Å². The molecule has 0 bridgehead atoms. The van der Waals surface area contributed by atoms with Crippen LogP contribution in [0.25, 0.3) is 0 Å². The fourth-order valence-electron chi connectivity index (χ4n) is 2.69. The SMILES string of the molecule is N#Cc1c(N=Cc2c(Cl)cccc2Cl)sc2c1CCCCC2. The lowest BCUT2D eigenvalue weighted by Gasteiger charge is -2.00. The Kier molecular flexibility index (Phi) is 4.83. The first kappa shape index (κ1) is 15.6. The fraction of sp³-hybridized carbons (Fsp3) is 0.294. The summed E-state index contributed by atoms with van der Waals surface area (Å²) in [4.78, 5) is 5.82. The Morgan fingerprint density at radius 1 is 1.14 bits per heavy atom. The van der Waals surface area contributed by atoms with Gasteiger partial charge in [-0.15, -0.1) is 11.3 Å². The summed E-state index contributed by atoms with van der Waals surface area (Å²) in [6.45, 7) is 0. The van der Waals surface area contributed by atoms with E-state index in [-0.39, 0.29) is 0 Å². The molecule has 0 spiro atoms. The number of benzene rings is 1. The zero-order valence-corrected chi connectivity index (χ0v) is 14.2. The number of aliphatic imine (C=N–C) groups is 1. The van der Waals surface area contributed by atoms with Crippen LogP contribution in [-0.4, -0.2) is 6.21 Å². The lowest BCUT2D eigenvalue weighted by Crippen LogP contribution is -1.87. The van der Waals surface area contributed by atoms with Gasteiger partial charge in [-0.05, 0) is 43.4 Å². The van der Waals surface area contributed by atoms with Crippen molar-refractivity contribution in [2.45, 2.75) is 32.1 Å². The number of nitriles is 1. The highest BCUT2D eigenvalue weighted by molar-refractivity contribution is 7.16. The van der Waals surface area contributed by atoms with Gasteiger partial charge in [-0.25, -0.2) is 4.99 Å². The van der Waals surface area contributed by atoms with Gasteiger partial charge in [0.15, 0.2) is 0 Å². The van der Waals surface area contributed by atoms with E-state index in [0.29, 0.717) is 15.6 Å². The third-order valence-corrected chi connectivity index (χ3v) is 5.68. The summed E-state index contributed by atoms with van der Waals surface area (Å²) in [6, 6.07) is 7.69. The number of aryl methyl sites for hydroxylation is 1. The molecule has 0 radical (unpaired) electrons. The molecule has 0 amide bonds. The Morgan fingerprint density at radius 3 is 2.59 bits per heavy atom. The monoisotopic (exact) mass is 348 g/mol. The van der Waals surface area contributed by atoms with Gasteiger partial charge in [-0.2, -0.15) is 5.26 Å². The molecule has 1 heterocycles. The van der Waals surface area contributed by atoms with Gasteiger partial charge in [0.25, 0.3) is 0 Å². The van der Waals surface area contributed by atoms with Crippen molar-refractivity contribution in [3.63, 3.8) is 0 Å². The predicted octanol–water partition coefficient (Wildman–Crippen LogP) is 5.95. The van der Waals surface area contributed by atoms with Crippen molar-refractivity contribution in [3.05, 3.63) is 49.8 Å². The summed E-state index contributed by atoms with van der Waals surface area (Å²) in [5, 5.41) is 11.4. The van der Waals surface area contributed by atoms with Crippen LogP contribution in [0, 0.1) is 11.3 Å². The van der Waals surface area contributed by atoms with Gasteiger partial charge in [-0.3, -0.25) is 0 Å². The summed E-state index contributed by atoms with van der Waals surface area (Å²) < 4.78 is 0. The quantitative estimate of drug-likeness (QED) is 0.488. The van der Waals surface area contributed by atoms with Crippen molar-refractivity contribution in [2.24, 2.45) is 4.99 Å². The molecule has 2 aromatic rings. The number of hydrogen-bond acceptors (Lipinski definition) is 3. The number of thiophene rings is 1. The Bertz CT molecular complexity index is 751. The van der Waals surface area contributed by atoms with Crippen molar-refractivity contribution < 1.29 is 0 Å². The molecule has 0 unspecified atom stereocenters. The minimum atomic E-state index is 0.563. The molecule has 0 fully saturated rings. The van der Waals surface area contributed by atoms with Gasteiger partial charge < -0.3 is 0 Å². The number of nitrogens with zero attached hydrogens (tertiary/aromatic N) is 2. The highest BCUT2D eigenvalue weighted by Crippen LogP contribution is 2.39. The van der Waals surface area contributed by atoms with Crippen molar-refractivity contribution in [1.82, 2.24) is 0 Å². The number of fused-ring (bicyclic) bond motifs is 1. The lowest BCUT2D eigenvalue weighted by molar-refractivity contribution is 0.712. The minimum absolute atomic E-state index is 0.563. The molecule has 1 aliphatic rings. The molecule has 0 aliphatic heterocycles. The molecule has 112 valence electrons. The molecule has 0 saturated carbocycles. The molecule has 1 aliphatic carbocycles. The number of rotatable bonds is 2. The maximum Gasteiger partial charge on any atom is 0.134 e. The van der Waals surface area contributed by atoms with E-state index in [0.717, 1.165) is 29.8 Å². The molecule has 0 atom stereocenters. The molecular formula is C17H14Cl2N2S. The smallest absolute Gasteiger partial charge is 0.134 e. The molecule has 1 aromatic heterocycles. The van der Waals surface area contributed by atoms with E-state index in [2.05, 4.69) is 11.1 Å². The van der Waals surface area contributed by atoms with Crippen LogP contribution < -0.4 is 0 Å². The van der Waals surface area contributed by atoms with Crippen molar-refractivity contribution in [3.8, 4) is 6.07 Å². The summed E-state index contributed by atoms with van der Waals surface area (Å²) in [7, 11) is 0. The van der Waals surface area contributed by atoms with Gasteiger partial charge >= 0.3 is 0 Å². The predicted molar refractivity (Wildman–Crippen MR) is 94.0 cm³/mol. The molecule has 1 aromatic carbocycles. The van der Waals surface area contributed by atoms with Gasteiger partial charge in [0.2, 0.25) is 0 Å². The van der Waals surface area contributed by atoms with Crippen LogP contribution in [0.1, 0.15) is 40.8 Å². The van der Waals surface area contributed by atoms with Crippen molar-refractivity contribution in [2.75, 3.05) is 0 Å². The number of hydrogen-bond donors (Lipinski definition) is 0. The van der Waals surface area contributed by atoms with E-state index < -0.39 is 0 Å². The molecule has 2 nitrogen and oxygen atoms in total. The summed E-state index contributed by atoms with van der Waals surface area (Å²) in [5.74, 6) is 0. The first-order valence-corrected chi connectivity index (χ1v) is 8.80. The van der Waals surface area contributed by atoms with Gasteiger partial charge in [-0.1, -0.05) is 35.7 Å². The molecule has 5 heteroatoms. The molecular weight excluding hydrogens is 335 g/mol. The average molecular weight is 349 g/mol. The summed E-state index contributed by atoms with van der Waals surface area (Å²) >= 11 is 13.9. The Balaban J connectivity index is 1.99. The molecule has 0 N–H and O–H groups in total. The standard InChI is InChI=1S/C17H14Cl2N2S/c18-14-6-4-7-15(19)13(14)10-21-17-12(9-20)11-5-2-1-3-8-16(11)22-17/h4,6-7,10H,1-3,5,8H2. The lowest BCUT2D eigenvalue weighted by atomic mass is 10.1. The van der Waals surface area contributed by atoms with Crippen LogP contribution in [-0.2, 0) is 12.8 Å². The Morgan fingerprint density at radius 2 is 1.86 bits per heavy atom. The Labute approximate surface area is 144 Å².